The second-order valence-corrected chi connectivity index (χ2v) is 6.60. The highest BCUT2D eigenvalue weighted by Gasteiger charge is 2.30. The first-order valence-electron chi connectivity index (χ1n) is 7.88. The Morgan fingerprint density at radius 1 is 1.41 bits per heavy atom. The fraction of sp³-hybridized carbons (Fsp3) is 0.588. The number of guanidine groups is 1. The Balaban J connectivity index is 2.02. The molecule has 1 unspecified atom stereocenters. The van der Waals surface area contributed by atoms with Crippen LogP contribution in [-0.2, 0) is 0 Å². The molecule has 2 N–H and O–H groups in total. The van der Waals surface area contributed by atoms with E-state index < -0.39 is 6.10 Å². The van der Waals surface area contributed by atoms with Crippen LogP contribution >= 0.6 is 0 Å². The number of hydrogen-bond donors (Lipinski definition) is 2. The summed E-state index contributed by atoms with van der Waals surface area (Å²) >= 11 is 0. The summed E-state index contributed by atoms with van der Waals surface area (Å²) in [4.78, 5) is 6.78. The Bertz CT molecular complexity index is 513. The van der Waals surface area contributed by atoms with Gasteiger partial charge in [-0.25, -0.2) is 4.39 Å². The quantitative estimate of drug-likeness (QED) is 0.664. The maximum absolute atomic E-state index is 12.9. The standard InChI is InChI=1S/C17H26FN3O/c1-4-19-16(21-10-9-17(2,3)12-21)20-11-15(22)13-5-7-14(18)8-6-13/h5-8,15,22H,4,9-12H2,1-3H3,(H,19,20). The van der Waals surface area contributed by atoms with E-state index in [1.54, 1.807) is 12.1 Å². The van der Waals surface area contributed by atoms with E-state index in [0.29, 0.717) is 11.0 Å². The fourth-order valence-corrected chi connectivity index (χ4v) is 2.68. The summed E-state index contributed by atoms with van der Waals surface area (Å²) in [5.74, 6) is 0.543. The summed E-state index contributed by atoms with van der Waals surface area (Å²) < 4.78 is 12.9. The number of likely N-dealkylation sites (tertiary alicyclic amines) is 1. The van der Waals surface area contributed by atoms with Crippen molar-refractivity contribution >= 4 is 5.96 Å². The second-order valence-electron chi connectivity index (χ2n) is 6.60. The summed E-state index contributed by atoms with van der Waals surface area (Å²) in [7, 11) is 0. The Hall–Kier alpha value is -1.62. The maximum atomic E-state index is 12.9. The van der Waals surface area contributed by atoms with E-state index in [2.05, 4.69) is 29.1 Å². The van der Waals surface area contributed by atoms with Gasteiger partial charge in [0.25, 0.3) is 0 Å². The number of halogens is 1. The van der Waals surface area contributed by atoms with Crippen molar-refractivity contribution in [3.8, 4) is 0 Å². The second kappa shape index (κ2) is 7.09. The average Bonchev–Trinajstić information content (AvgIpc) is 2.84. The molecule has 22 heavy (non-hydrogen) atoms. The lowest BCUT2D eigenvalue weighted by atomic mass is 9.93. The zero-order chi connectivity index (χ0) is 16.2. The minimum absolute atomic E-state index is 0.269. The predicted octanol–water partition coefficient (Wildman–Crippen LogP) is 2.56. The monoisotopic (exact) mass is 307 g/mol. The Labute approximate surface area is 132 Å². The number of rotatable bonds is 4. The number of hydrogen-bond acceptors (Lipinski definition) is 2. The molecule has 1 aliphatic heterocycles. The highest BCUT2D eigenvalue weighted by atomic mass is 19.1. The maximum Gasteiger partial charge on any atom is 0.194 e. The molecule has 0 amide bonds. The zero-order valence-corrected chi connectivity index (χ0v) is 13.6. The lowest BCUT2D eigenvalue weighted by molar-refractivity contribution is 0.186. The first kappa shape index (κ1) is 16.7. The number of aliphatic imine (C=N–C) groups is 1. The summed E-state index contributed by atoms with van der Waals surface area (Å²) in [5, 5.41) is 13.5. The van der Waals surface area contributed by atoms with Crippen LogP contribution in [0.25, 0.3) is 0 Å². The normalized spacial score (nSPS) is 19.3. The highest BCUT2D eigenvalue weighted by molar-refractivity contribution is 5.80. The molecule has 0 aliphatic carbocycles. The molecule has 0 spiro atoms. The molecule has 1 heterocycles. The molecule has 0 radical (unpaired) electrons. The topological polar surface area (TPSA) is 47.9 Å². The molecule has 122 valence electrons. The molecule has 1 aliphatic rings. The number of aliphatic hydroxyl groups excluding tert-OH is 1. The fourth-order valence-electron chi connectivity index (χ4n) is 2.68. The van der Waals surface area contributed by atoms with Gasteiger partial charge in [-0.15, -0.1) is 0 Å². The lowest BCUT2D eigenvalue weighted by Crippen LogP contribution is -2.41. The van der Waals surface area contributed by atoms with Crippen LogP contribution in [0.3, 0.4) is 0 Å². The average molecular weight is 307 g/mol. The van der Waals surface area contributed by atoms with Gasteiger partial charge in [-0.1, -0.05) is 26.0 Å². The third-order valence-corrected chi connectivity index (χ3v) is 3.98. The first-order valence-corrected chi connectivity index (χ1v) is 7.88. The third-order valence-electron chi connectivity index (χ3n) is 3.98. The molecule has 1 saturated heterocycles. The van der Waals surface area contributed by atoms with Gasteiger partial charge in [0, 0.05) is 19.6 Å². The molecule has 4 nitrogen and oxygen atoms in total. The number of aliphatic hydroxyl groups is 1. The van der Waals surface area contributed by atoms with E-state index >= 15 is 0 Å². The van der Waals surface area contributed by atoms with E-state index in [4.69, 9.17) is 0 Å². The SMILES string of the molecule is CCNC(=NCC(O)c1ccc(F)cc1)N1CCC(C)(C)C1. The Kier molecular flexibility index (Phi) is 5.40. The Morgan fingerprint density at radius 3 is 2.64 bits per heavy atom. The van der Waals surface area contributed by atoms with Crippen LogP contribution in [0.2, 0.25) is 0 Å². The highest BCUT2D eigenvalue weighted by Crippen LogP contribution is 2.28. The number of benzene rings is 1. The first-order chi connectivity index (χ1) is 10.4. The van der Waals surface area contributed by atoms with Gasteiger partial charge in [-0.2, -0.15) is 0 Å². The van der Waals surface area contributed by atoms with Gasteiger partial charge in [-0.05, 0) is 36.5 Å². The van der Waals surface area contributed by atoms with Crippen molar-refractivity contribution < 1.29 is 9.50 Å². The van der Waals surface area contributed by atoms with Gasteiger partial charge < -0.3 is 15.3 Å². The van der Waals surface area contributed by atoms with E-state index in [1.165, 1.54) is 12.1 Å². The van der Waals surface area contributed by atoms with Crippen LogP contribution in [0, 0.1) is 11.2 Å². The molecule has 5 heteroatoms. The largest absolute Gasteiger partial charge is 0.386 e. The lowest BCUT2D eigenvalue weighted by Gasteiger charge is -2.24. The molecule has 1 aromatic rings. The molecule has 0 saturated carbocycles. The molecule has 0 aromatic heterocycles. The summed E-state index contributed by atoms with van der Waals surface area (Å²) in [6.45, 7) is 9.55. The summed E-state index contributed by atoms with van der Waals surface area (Å²) in [5.41, 5.74) is 0.980. The van der Waals surface area contributed by atoms with Crippen LogP contribution in [-0.4, -0.2) is 42.1 Å². The van der Waals surface area contributed by atoms with Crippen molar-refractivity contribution in [3.05, 3.63) is 35.6 Å². The van der Waals surface area contributed by atoms with Crippen molar-refractivity contribution in [2.45, 2.75) is 33.3 Å². The van der Waals surface area contributed by atoms with Crippen molar-refractivity contribution in [2.24, 2.45) is 10.4 Å². The van der Waals surface area contributed by atoms with Crippen LogP contribution in [0.1, 0.15) is 38.9 Å². The van der Waals surface area contributed by atoms with E-state index in [1.807, 2.05) is 6.92 Å². The van der Waals surface area contributed by atoms with Crippen molar-refractivity contribution in [1.82, 2.24) is 10.2 Å². The molecular formula is C17H26FN3O. The molecule has 0 bridgehead atoms. The molecule has 1 atom stereocenters. The van der Waals surface area contributed by atoms with Gasteiger partial charge in [0.15, 0.2) is 5.96 Å². The zero-order valence-electron chi connectivity index (χ0n) is 13.6. The van der Waals surface area contributed by atoms with E-state index in [0.717, 1.165) is 32.0 Å². The van der Waals surface area contributed by atoms with Crippen molar-refractivity contribution in [3.63, 3.8) is 0 Å². The minimum atomic E-state index is -0.718. The van der Waals surface area contributed by atoms with Crippen LogP contribution < -0.4 is 5.32 Å². The number of nitrogens with zero attached hydrogens (tertiary/aromatic N) is 2. The van der Waals surface area contributed by atoms with Crippen LogP contribution in [0.15, 0.2) is 29.3 Å². The predicted molar refractivity (Wildman–Crippen MR) is 87.3 cm³/mol. The van der Waals surface area contributed by atoms with Crippen LogP contribution in [0.5, 0.6) is 0 Å². The smallest absolute Gasteiger partial charge is 0.194 e. The van der Waals surface area contributed by atoms with Crippen LogP contribution in [0.4, 0.5) is 4.39 Å². The molecule has 2 rings (SSSR count). The summed E-state index contributed by atoms with van der Waals surface area (Å²) in [6.07, 6.45) is 0.419. The Morgan fingerprint density at radius 2 is 2.09 bits per heavy atom. The van der Waals surface area contributed by atoms with Crippen molar-refractivity contribution in [1.29, 1.82) is 0 Å². The van der Waals surface area contributed by atoms with Crippen molar-refractivity contribution in [2.75, 3.05) is 26.2 Å². The molecule has 1 aromatic carbocycles. The van der Waals surface area contributed by atoms with E-state index in [-0.39, 0.29) is 12.4 Å². The third kappa shape index (κ3) is 4.44. The minimum Gasteiger partial charge on any atom is -0.386 e. The van der Waals surface area contributed by atoms with Gasteiger partial charge in [0.1, 0.15) is 5.82 Å². The molecular weight excluding hydrogens is 281 g/mol. The van der Waals surface area contributed by atoms with Gasteiger partial charge >= 0.3 is 0 Å². The van der Waals surface area contributed by atoms with Gasteiger partial charge in [-0.3, -0.25) is 4.99 Å². The van der Waals surface area contributed by atoms with E-state index in [9.17, 15) is 9.50 Å². The van der Waals surface area contributed by atoms with Gasteiger partial charge in [0.2, 0.25) is 0 Å². The van der Waals surface area contributed by atoms with Gasteiger partial charge in [0.05, 0.1) is 12.6 Å². The molecule has 1 fully saturated rings. The summed E-state index contributed by atoms with van der Waals surface area (Å²) in [6, 6.07) is 5.91. The number of nitrogens with one attached hydrogen (secondary N) is 1.